The zero-order valence-corrected chi connectivity index (χ0v) is 12.2. The van der Waals surface area contributed by atoms with Gasteiger partial charge >= 0.3 is 5.96 Å². The quantitative estimate of drug-likeness (QED) is 0.183. The summed E-state index contributed by atoms with van der Waals surface area (Å²) in [6.07, 6.45) is 0. The second kappa shape index (κ2) is 29.4. The SMILES string of the molecule is C.C.C.C.[CH2-][NH+]=C(N)NC(N)=[NH+]C.[Y].[Y]. The second-order valence-electron chi connectivity index (χ2n) is 1.38. The molecule has 0 spiro atoms. The van der Waals surface area contributed by atoms with E-state index in [4.69, 9.17) is 11.5 Å². The Balaban J connectivity index is -0.0000000213. The fourth-order valence-electron chi connectivity index (χ4n) is 0.252. The van der Waals surface area contributed by atoms with Gasteiger partial charge in [0.1, 0.15) is 0 Å². The van der Waals surface area contributed by atoms with Crippen molar-refractivity contribution in [1.29, 1.82) is 0 Å². The summed E-state index contributed by atoms with van der Waals surface area (Å²) in [5.74, 6) is 0.686. The fraction of sp³-hybridized carbons (Fsp3) is 0.625. The smallest absolute Gasteiger partial charge is 0.333 e. The first-order chi connectivity index (χ1) is 4.20. The molecule has 0 rings (SSSR count). The van der Waals surface area contributed by atoms with E-state index in [1.54, 1.807) is 7.05 Å². The number of hydrogen-bond acceptors (Lipinski definition) is 0. The van der Waals surface area contributed by atoms with Crippen molar-refractivity contribution in [2.75, 3.05) is 7.05 Å². The zero-order valence-electron chi connectivity index (χ0n) is 6.52. The molecule has 0 bridgehead atoms. The van der Waals surface area contributed by atoms with Gasteiger partial charge in [0.25, 0.3) is 0 Å². The van der Waals surface area contributed by atoms with Crippen LogP contribution in [-0.4, -0.2) is 19.0 Å². The van der Waals surface area contributed by atoms with Crippen LogP contribution in [0.5, 0.6) is 0 Å². The standard InChI is InChI=1S/C4H11N5.4CH4.2Y/c1-7-3(5)9-4(6)8-2;;;;;;/h7H,1,5H2,2H3,(H3,6,8,9);4*1H4;;/p+1. The number of nitrogens with one attached hydrogen (secondary N) is 3. The molecule has 15 heavy (non-hydrogen) atoms. The van der Waals surface area contributed by atoms with Crippen molar-refractivity contribution >= 4 is 11.9 Å². The van der Waals surface area contributed by atoms with Crippen molar-refractivity contribution in [3.63, 3.8) is 0 Å². The first-order valence-electron chi connectivity index (χ1n) is 2.43. The third-order valence-electron chi connectivity index (χ3n) is 0.729. The van der Waals surface area contributed by atoms with Crippen LogP contribution >= 0.6 is 0 Å². The largest absolute Gasteiger partial charge is 0.414 e. The van der Waals surface area contributed by atoms with E-state index in [1.165, 1.54) is 0 Å². The maximum absolute atomic E-state index is 5.28. The molecule has 0 fully saturated rings. The average molecular weight is 372 g/mol. The number of nitrogens with two attached hydrogens (primary N) is 2. The monoisotopic (exact) mass is 372 g/mol. The Bertz CT molecular complexity index is 132. The fourth-order valence-corrected chi connectivity index (χ4v) is 0.252. The van der Waals surface area contributed by atoms with Gasteiger partial charge in [-0.2, -0.15) is 0 Å². The summed E-state index contributed by atoms with van der Waals surface area (Å²) in [7, 11) is 4.98. The van der Waals surface area contributed by atoms with Gasteiger partial charge in [0.05, 0.1) is 7.05 Å². The molecule has 7 heteroatoms. The van der Waals surface area contributed by atoms with Gasteiger partial charge in [-0.25, -0.2) is 0 Å². The normalized spacial score (nSPS) is 8.07. The summed E-state index contributed by atoms with van der Waals surface area (Å²) in [5.41, 5.74) is 10.5. The van der Waals surface area contributed by atoms with Gasteiger partial charge in [-0.1, -0.05) is 29.7 Å². The van der Waals surface area contributed by atoms with E-state index in [1.807, 2.05) is 0 Å². The Morgan fingerprint density at radius 3 is 1.53 bits per heavy atom. The molecule has 0 heterocycles. The Hall–Kier alpha value is 0.818. The predicted molar refractivity (Wildman–Crippen MR) is 61.7 cm³/mol. The molecule has 0 unspecified atom stereocenters. The van der Waals surface area contributed by atoms with Crippen LogP contribution in [0.2, 0.25) is 0 Å². The Kier molecular flexibility index (Phi) is 87.4. The molecule has 0 aliphatic heterocycles. The minimum absolute atomic E-state index is 0. The summed E-state index contributed by atoms with van der Waals surface area (Å²) in [6.45, 7) is 0. The van der Waals surface area contributed by atoms with Crippen LogP contribution in [0.15, 0.2) is 0 Å². The van der Waals surface area contributed by atoms with Crippen LogP contribution in [0, 0.1) is 7.05 Å². The van der Waals surface area contributed by atoms with E-state index >= 15 is 0 Å². The predicted octanol–water partition coefficient (Wildman–Crippen LogP) is -2.67. The van der Waals surface area contributed by atoms with Crippen LogP contribution < -0.4 is 26.8 Å². The van der Waals surface area contributed by atoms with Crippen molar-refractivity contribution in [3.05, 3.63) is 7.05 Å². The topological polar surface area (TPSA) is 92.0 Å². The van der Waals surface area contributed by atoms with Gasteiger partial charge in [-0.3, -0.25) is 16.0 Å². The van der Waals surface area contributed by atoms with Crippen molar-refractivity contribution in [1.82, 2.24) is 5.32 Å². The van der Waals surface area contributed by atoms with Gasteiger partial charge in [0.2, 0.25) is 5.96 Å². The molecular weight excluding hydrogens is 344 g/mol. The van der Waals surface area contributed by atoms with Crippen molar-refractivity contribution < 1.29 is 75.4 Å². The van der Waals surface area contributed by atoms with Crippen LogP contribution in [0.25, 0.3) is 0 Å². The minimum Gasteiger partial charge on any atom is -0.414 e. The summed E-state index contributed by atoms with van der Waals surface area (Å²) in [5, 5.41) is 2.58. The van der Waals surface area contributed by atoms with Gasteiger partial charge in [-0.15, -0.1) is 7.05 Å². The van der Waals surface area contributed by atoms with Crippen molar-refractivity contribution in [3.8, 4) is 0 Å². The molecule has 90 valence electrons. The summed E-state index contributed by atoms with van der Waals surface area (Å²) < 4.78 is 0. The molecule has 7 N–H and O–H groups in total. The van der Waals surface area contributed by atoms with E-state index in [0.717, 1.165) is 0 Å². The summed E-state index contributed by atoms with van der Waals surface area (Å²) in [6, 6.07) is 0. The van der Waals surface area contributed by atoms with E-state index in [-0.39, 0.29) is 95.1 Å². The van der Waals surface area contributed by atoms with Crippen molar-refractivity contribution in [2.45, 2.75) is 29.7 Å². The van der Waals surface area contributed by atoms with E-state index in [2.05, 4.69) is 22.3 Å². The number of hydrogen-bond donors (Lipinski definition) is 5. The van der Waals surface area contributed by atoms with Gasteiger partial charge in [0, 0.05) is 65.4 Å². The summed E-state index contributed by atoms with van der Waals surface area (Å²) >= 11 is 0. The average Bonchev–Trinajstić information content (AvgIpc) is 1.87. The van der Waals surface area contributed by atoms with Gasteiger partial charge in [0.15, 0.2) is 0 Å². The third-order valence-corrected chi connectivity index (χ3v) is 0.729. The Morgan fingerprint density at radius 2 is 1.33 bits per heavy atom. The second-order valence-corrected chi connectivity index (χ2v) is 1.38. The molecule has 0 aromatic carbocycles. The van der Waals surface area contributed by atoms with Crippen LogP contribution in [-0.2, 0) is 65.4 Å². The molecule has 0 aliphatic rings. The number of rotatable bonds is 0. The van der Waals surface area contributed by atoms with E-state index < -0.39 is 0 Å². The first-order valence-corrected chi connectivity index (χ1v) is 2.43. The Morgan fingerprint density at radius 1 is 1.00 bits per heavy atom. The molecule has 0 aliphatic carbocycles. The molecule has 0 aromatic rings. The van der Waals surface area contributed by atoms with Gasteiger partial charge in [-0.05, 0) is 0 Å². The molecule has 0 atom stereocenters. The molecule has 2 radical (unpaired) electrons. The molecule has 0 aromatic heterocycles. The van der Waals surface area contributed by atoms with Gasteiger partial charge < -0.3 is 10.7 Å². The molecule has 0 saturated heterocycles. The molecule has 0 saturated carbocycles. The third kappa shape index (κ3) is 31.3. The molecular formula is C8H28N5Y2+. The summed E-state index contributed by atoms with van der Waals surface area (Å²) in [4.78, 5) is 5.07. The number of guanidine groups is 2. The van der Waals surface area contributed by atoms with E-state index in [9.17, 15) is 0 Å². The molecule has 0 amide bonds. The Labute approximate surface area is 146 Å². The molecule has 5 nitrogen and oxygen atoms in total. The van der Waals surface area contributed by atoms with Crippen LogP contribution in [0.4, 0.5) is 0 Å². The maximum Gasteiger partial charge on any atom is 0.333 e. The van der Waals surface area contributed by atoms with Crippen LogP contribution in [0.1, 0.15) is 29.7 Å². The maximum atomic E-state index is 5.28. The minimum atomic E-state index is 0. The van der Waals surface area contributed by atoms with E-state index in [0.29, 0.717) is 11.9 Å². The van der Waals surface area contributed by atoms with Crippen LogP contribution in [0.3, 0.4) is 0 Å². The first kappa shape index (κ1) is 44.7. The van der Waals surface area contributed by atoms with Crippen molar-refractivity contribution in [2.24, 2.45) is 11.5 Å². The zero-order chi connectivity index (χ0) is 7.28.